The van der Waals surface area contributed by atoms with Gasteiger partial charge in [0, 0.05) is 6.42 Å². The predicted molar refractivity (Wildman–Crippen MR) is 58.0 cm³/mol. The first kappa shape index (κ1) is 13.4. The van der Waals surface area contributed by atoms with Crippen LogP contribution in [-0.4, -0.2) is 19.1 Å². The van der Waals surface area contributed by atoms with Crippen molar-refractivity contribution in [3.63, 3.8) is 0 Å². The Morgan fingerprint density at radius 3 is 2.21 bits per heavy atom. The van der Waals surface area contributed by atoms with E-state index in [0.29, 0.717) is 13.0 Å². The number of rotatable bonds is 9. The van der Waals surface area contributed by atoms with Gasteiger partial charge in [0.15, 0.2) is 0 Å². The number of esters is 1. The highest BCUT2D eigenvalue weighted by Crippen LogP contribution is 2.07. The van der Waals surface area contributed by atoms with Gasteiger partial charge < -0.3 is 10.5 Å². The van der Waals surface area contributed by atoms with E-state index in [2.05, 4.69) is 0 Å². The van der Waals surface area contributed by atoms with Crippen molar-refractivity contribution < 1.29 is 9.53 Å². The van der Waals surface area contributed by atoms with E-state index in [-0.39, 0.29) is 5.97 Å². The summed E-state index contributed by atoms with van der Waals surface area (Å²) in [5.74, 6) is -0.0607. The Balaban J connectivity index is 3.01. The number of hydrogen-bond acceptors (Lipinski definition) is 3. The molecule has 0 fully saturated rings. The van der Waals surface area contributed by atoms with Crippen molar-refractivity contribution in [1.29, 1.82) is 0 Å². The predicted octanol–water partition coefficient (Wildman–Crippen LogP) is 2.24. The first-order valence-electron chi connectivity index (χ1n) is 5.67. The van der Waals surface area contributed by atoms with Crippen LogP contribution in [0.2, 0.25) is 0 Å². The highest BCUT2D eigenvalue weighted by Gasteiger charge is 2.00. The first-order valence-corrected chi connectivity index (χ1v) is 5.67. The molecule has 84 valence electrons. The fraction of sp³-hybridized carbons (Fsp3) is 0.909. The molecule has 0 rings (SSSR count). The first-order chi connectivity index (χ1) is 6.81. The van der Waals surface area contributed by atoms with Gasteiger partial charge in [-0.05, 0) is 26.3 Å². The second-order valence-corrected chi connectivity index (χ2v) is 3.47. The van der Waals surface area contributed by atoms with Crippen molar-refractivity contribution >= 4 is 5.97 Å². The minimum atomic E-state index is -0.0607. The molecule has 0 bridgehead atoms. The molecular formula is C11H23NO2. The van der Waals surface area contributed by atoms with Crippen molar-refractivity contribution in [2.75, 3.05) is 13.2 Å². The summed E-state index contributed by atoms with van der Waals surface area (Å²) in [5.41, 5.74) is 5.38. The lowest BCUT2D eigenvalue weighted by Gasteiger charge is -2.01. The van der Waals surface area contributed by atoms with Crippen LogP contribution in [0.25, 0.3) is 0 Å². The molecule has 3 nitrogen and oxygen atoms in total. The number of nitrogens with two attached hydrogens (primary N) is 1. The number of carbonyl (C=O) groups excluding carboxylic acids is 1. The Hall–Kier alpha value is -0.570. The van der Waals surface area contributed by atoms with Gasteiger partial charge in [0.1, 0.15) is 0 Å². The summed E-state index contributed by atoms with van der Waals surface area (Å²) >= 11 is 0. The van der Waals surface area contributed by atoms with Crippen LogP contribution >= 0.6 is 0 Å². The molecule has 0 atom stereocenters. The molecule has 0 aliphatic rings. The van der Waals surface area contributed by atoms with E-state index in [9.17, 15) is 4.79 Å². The molecule has 0 aliphatic carbocycles. The van der Waals surface area contributed by atoms with Gasteiger partial charge in [-0.2, -0.15) is 0 Å². The third-order valence-electron chi connectivity index (χ3n) is 2.14. The van der Waals surface area contributed by atoms with Crippen LogP contribution in [0.4, 0.5) is 0 Å². The molecule has 0 aromatic carbocycles. The summed E-state index contributed by atoms with van der Waals surface area (Å²) in [6, 6.07) is 0. The Morgan fingerprint density at radius 2 is 1.64 bits per heavy atom. The second kappa shape index (κ2) is 10.5. The molecule has 2 N–H and O–H groups in total. The van der Waals surface area contributed by atoms with Crippen molar-refractivity contribution in [2.45, 2.75) is 51.9 Å². The van der Waals surface area contributed by atoms with Gasteiger partial charge in [-0.25, -0.2) is 0 Å². The molecular weight excluding hydrogens is 178 g/mol. The molecule has 0 unspecified atom stereocenters. The summed E-state index contributed by atoms with van der Waals surface area (Å²) in [7, 11) is 0. The molecule has 14 heavy (non-hydrogen) atoms. The Labute approximate surface area is 87.0 Å². The Bertz CT molecular complexity index is 137. The van der Waals surface area contributed by atoms with Crippen molar-refractivity contribution in [3.8, 4) is 0 Å². The molecule has 0 saturated carbocycles. The zero-order valence-corrected chi connectivity index (χ0v) is 9.26. The quantitative estimate of drug-likeness (QED) is 0.460. The molecule has 0 aliphatic heterocycles. The van der Waals surface area contributed by atoms with Gasteiger partial charge in [-0.3, -0.25) is 4.79 Å². The van der Waals surface area contributed by atoms with E-state index in [1.807, 2.05) is 6.92 Å². The van der Waals surface area contributed by atoms with E-state index in [1.165, 1.54) is 19.3 Å². The third-order valence-corrected chi connectivity index (χ3v) is 2.14. The lowest BCUT2D eigenvalue weighted by atomic mass is 10.1. The maximum atomic E-state index is 10.9. The average molecular weight is 201 g/mol. The largest absolute Gasteiger partial charge is 0.466 e. The Kier molecular flexibility index (Phi) is 10.1. The number of carbonyl (C=O) groups is 1. The summed E-state index contributed by atoms with van der Waals surface area (Å²) in [6.45, 7) is 3.13. The van der Waals surface area contributed by atoms with Gasteiger partial charge >= 0.3 is 5.97 Å². The summed E-state index contributed by atoms with van der Waals surface area (Å²) in [6.07, 6.45) is 7.45. The van der Waals surface area contributed by atoms with Crippen LogP contribution in [0.15, 0.2) is 0 Å². The fourth-order valence-corrected chi connectivity index (χ4v) is 1.35. The van der Waals surface area contributed by atoms with Gasteiger partial charge in [0.25, 0.3) is 0 Å². The molecule has 0 saturated heterocycles. The molecule has 0 radical (unpaired) electrons. The van der Waals surface area contributed by atoms with Crippen LogP contribution in [0.1, 0.15) is 51.9 Å². The van der Waals surface area contributed by atoms with Gasteiger partial charge in [-0.1, -0.05) is 25.7 Å². The van der Waals surface area contributed by atoms with Crippen LogP contribution in [0.3, 0.4) is 0 Å². The van der Waals surface area contributed by atoms with E-state index < -0.39 is 0 Å². The lowest BCUT2D eigenvalue weighted by molar-refractivity contribution is -0.143. The van der Waals surface area contributed by atoms with E-state index >= 15 is 0 Å². The number of hydrogen-bond donors (Lipinski definition) is 1. The third kappa shape index (κ3) is 9.52. The smallest absolute Gasteiger partial charge is 0.305 e. The van der Waals surface area contributed by atoms with Crippen molar-refractivity contribution in [3.05, 3.63) is 0 Å². The molecule has 0 amide bonds. The molecule has 0 heterocycles. The van der Waals surface area contributed by atoms with Gasteiger partial charge in [0.05, 0.1) is 6.61 Å². The van der Waals surface area contributed by atoms with Crippen LogP contribution < -0.4 is 5.73 Å². The van der Waals surface area contributed by atoms with Crippen LogP contribution in [-0.2, 0) is 9.53 Å². The molecule has 0 spiro atoms. The maximum Gasteiger partial charge on any atom is 0.305 e. The molecule has 0 aromatic rings. The van der Waals surface area contributed by atoms with Crippen LogP contribution in [0, 0.1) is 0 Å². The molecule has 0 aromatic heterocycles. The second-order valence-electron chi connectivity index (χ2n) is 3.47. The minimum Gasteiger partial charge on any atom is -0.466 e. The van der Waals surface area contributed by atoms with Crippen LogP contribution in [0.5, 0.6) is 0 Å². The van der Waals surface area contributed by atoms with Crippen molar-refractivity contribution in [2.24, 2.45) is 5.73 Å². The van der Waals surface area contributed by atoms with Gasteiger partial charge in [-0.15, -0.1) is 0 Å². The van der Waals surface area contributed by atoms with Crippen molar-refractivity contribution in [1.82, 2.24) is 0 Å². The minimum absolute atomic E-state index is 0.0607. The zero-order chi connectivity index (χ0) is 10.6. The number of ether oxygens (including phenoxy) is 1. The average Bonchev–Trinajstić information content (AvgIpc) is 2.17. The normalized spacial score (nSPS) is 10.1. The van der Waals surface area contributed by atoms with E-state index in [1.54, 1.807) is 0 Å². The van der Waals surface area contributed by atoms with Gasteiger partial charge in [0.2, 0.25) is 0 Å². The highest BCUT2D eigenvalue weighted by molar-refractivity contribution is 5.69. The highest BCUT2D eigenvalue weighted by atomic mass is 16.5. The Morgan fingerprint density at radius 1 is 1.07 bits per heavy atom. The maximum absolute atomic E-state index is 10.9. The summed E-state index contributed by atoms with van der Waals surface area (Å²) < 4.78 is 4.83. The SMILES string of the molecule is CCOC(=O)CCCCCCCCN. The lowest BCUT2D eigenvalue weighted by Crippen LogP contribution is -2.03. The summed E-state index contributed by atoms with van der Waals surface area (Å²) in [5, 5.41) is 0. The standard InChI is InChI=1S/C11H23NO2/c1-2-14-11(13)9-7-5-3-4-6-8-10-12/h2-10,12H2,1H3. The summed E-state index contributed by atoms with van der Waals surface area (Å²) in [4.78, 5) is 10.9. The van der Waals surface area contributed by atoms with E-state index in [4.69, 9.17) is 10.5 Å². The monoisotopic (exact) mass is 201 g/mol. The molecule has 3 heteroatoms. The number of unbranched alkanes of at least 4 members (excludes halogenated alkanes) is 5. The van der Waals surface area contributed by atoms with E-state index in [0.717, 1.165) is 25.8 Å². The zero-order valence-electron chi connectivity index (χ0n) is 9.26. The fourth-order valence-electron chi connectivity index (χ4n) is 1.35. The topological polar surface area (TPSA) is 52.3 Å².